The Balaban J connectivity index is 1.58. The van der Waals surface area contributed by atoms with Crippen LogP contribution in [-0.4, -0.2) is 37.1 Å². The minimum atomic E-state index is -0.152. The van der Waals surface area contributed by atoms with Crippen molar-refractivity contribution in [2.24, 2.45) is 0 Å². The van der Waals surface area contributed by atoms with E-state index in [1.807, 2.05) is 18.2 Å². The van der Waals surface area contributed by atoms with Gasteiger partial charge >= 0.3 is 0 Å². The van der Waals surface area contributed by atoms with Gasteiger partial charge in [0.05, 0.1) is 18.3 Å². The third kappa shape index (κ3) is 2.82. The van der Waals surface area contributed by atoms with Gasteiger partial charge in [0.1, 0.15) is 5.82 Å². The smallest absolute Gasteiger partial charge is 0.292 e. The summed E-state index contributed by atoms with van der Waals surface area (Å²) in [5.41, 5.74) is 1.80. The number of aryl methyl sites for hydroxylation is 1. The molecule has 4 rings (SSSR count). The van der Waals surface area contributed by atoms with Gasteiger partial charge in [0.15, 0.2) is 12.2 Å². The number of oxazole rings is 1. The predicted octanol–water partition coefficient (Wildman–Crippen LogP) is 2.38. The highest BCUT2D eigenvalue weighted by Crippen LogP contribution is 2.24. The van der Waals surface area contributed by atoms with Crippen molar-refractivity contribution < 1.29 is 9.21 Å². The second-order valence-corrected chi connectivity index (χ2v) is 6.37. The molecule has 0 fully saturated rings. The number of hydrogen-bond acceptors (Lipinski definition) is 5. The lowest BCUT2D eigenvalue weighted by molar-refractivity contribution is 0.0646. The molecule has 7 heteroatoms. The Morgan fingerprint density at radius 1 is 1.28 bits per heavy atom. The molecule has 0 spiro atoms. The van der Waals surface area contributed by atoms with Crippen LogP contribution < -0.4 is 0 Å². The van der Waals surface area contributed by atoms with E-state index in [-0.39, 0.29) is 11.9 Å². The first kappa shape index (κ1) is 15.6. The molecule has 1 atom stereocenters. The zero-order valence-corrected chi connectivity index (χ0v) is 14.2. The van der Waals surface area contributed by atoms with Crippen molar-refractivity contribution in [3.63, 3.8) is 0 Å². The Labute approximate surface area is 145 Å². The van der Waals surface area contributed by atoms with Gasteiger partial charge in [0, 0.05) is 13.0 Å². The quantitative estimate of drug-likeness (QED) is 0.733. The van der Waals surface area contributed by atoms with Gasteiger partial charge in [-0.1, -0.05) is 30.3 Å². The van der Waals surface area contributed by atoms with E-state index in [2.05, 4.69) is 38.8 Å². The normalized spacial score (nSPS) is 16.7. The minimum Gasteiger partial charge on any atom is -0.438 e. The highest BCUT2D eigenvalue weighted by molar-refractivity contribution is 5.92. The Bertz CT molecular complexity index is 899. The van der Waals surface area contributed by atoms with Crippen molar-refractivity contribution in [2.75, 3.05) is 6.54 Å². The number of hydrogen-bond donors (Lipinski definition) is 0. The van der Waals surface area contributed by atoms with E-state index in [4.69, 9.17) is 4.42 Å². The molecule has 25 heavy (non-hydrogen) atoms. The monoisotopic (exact) mass is 337 g/mol. The zero-order chi connectivity index (χ0) is 17.4. The standard InChI is InChI=1S/C18H19N5O2/c1-12-9-22(18(24)17-13(2)19-11-25-17)10-16-21-20-15(23(12)16)8-14-6-4-3-5-7-14/h3-7,11-12H,8-10H2,1-2H3/t12-/m0/s1. The van der Waals surface area contributed by atoms with Crippen LogP contribution in [0.4, 0.5) is 0 Å². The topological polar surface area (TPSA) is 77.1 Å². The molecular formula is C18H19N5O2. The van der Waals surface area contributed by atoms with E-state index >= 15 is 0 Å². The molecule has 0 aliphatic carbocycles. The van der Waals surface area contributed by atoms with Gasteiger partial charge in [-0.25, -0.2) is 4.98 Å². The maximum Gasteiger partial charge on any atom is 0.292 e. The van der Waals surface area contributed by atoms with Gasteiger partial charge in [-0.2, -0.15) is 0 Å². The highest BCUT2D eigenvalue weighted by Gasteiger charge is 2.31. The van der Waals surface area contributed by atoms with Gasteiger partial charge < -0.3 is 13.9 Å². The van der Waals surface area contributed by atoms with Gasteiger partial charge in [0.25, 0.3) is 5.91 Å². The summed E-state index contributed by atoms with van der Waals surface area (Å²) in [6, 6.07) is 10.3. The molecular weight excluding hydrogens is 318 g/mol. The Morgan fingerprint density at radius 2 is 2.08 bits per heavy atom. The van der Waals surface area contributed by atoms with Crippen LogP contribution in [0.1, 0.15) is 46.4 Å². The number of amides is 1. The van der Waals surface area contributed by atoms with Crippen molar-refractivity contribution >= 4 is 5.91 Å². The summed E-state index contributed by atoms with van der Waals surface area (Å²) in [5.74, 6) is 1.87. The first-order valence-corrected chi connectivity index (χ1v) is 8.29. The largest absolute Gasteiger partial charge is 0.438 e. The molecule has 0 radical (unpaired) electrons. The number of aromatic nitrogens is 4. The minimum absolute atomic E-state index is 0.102. The second-order valence-electron chi connectivity index (χ2n) is 6.37. The van der Waals surface area contributed by atoms with Crippen LogP contribution >= 0.6 is 0 Å². The molecule has 3 heterocycles. The molecule has 0 saturated heterocycles. The molecule has 0 unspecified atom stereocenters. The Morgan fingerprint density at radius 3 is 2.80 bits per heavy atom. The van der Waals surface area contributed by atoms with Crippen molar-refractivity contribution in [3.05, 3.63) is 65.4 Å². The van der Waals surface area contributed by atoms with Crippen LogP contribution in [0.15, 0.2) is 41.1 Å². The number of fused-ring (bicyclic) bond motifs is 1. The fourth-order valence-corrected chi connectivity index (χ4v) is 3.32. The lowest BCUT2D eigenvalue weighted by Gasteiger charge is -2.32. The van der Waals surface area contributed by atoms with Crippen molar-refractivity contribution in [1.82, 2.24) is 24.6 Å². The van der Waals surface area contributed by atoms with E-state index in [9.17, 15) is 4.79 Å². The average molecular weight is 337 g/mol. The van der Waals surface area contributed by atoms with Crippen LogP contribution in [0.5, 0.6) is 0 Å². The molecule has 128 valence electrons. The lowest BCUT2D eigenvalue weighted by atomic mass is 10.1. The number of carbonyl (C=O) groups is 1. The lowest BCUT2D eigenvalue weighted by Crippen LogP contribution is -2.41. The van der Waals surface area contributed by atoms with Crippen LogP contribution in [0.3, 0.4) is 0 Å². The third-order valence-electron chi connectivity index (χ3n) is 4.53. The van der Waals surface area contributed by atoms with Crippen molar-refractivity contribution in [1.29, 1.82) is 0 Å². The van der Waals surface area contributed by atoms with Gasteiger partial charge in [-0.05, 0) is 19.4 Å². The Hall–Kier alpha value is -2.96. The molecule has 0 bridgehead atoms. The summed E-state index contributed by atoms with van der Waals surface area (Å²) < 4.78 is 7.38. The summed E-state index contributed by atoms with van der Waals surface area (Å²) >= 11 is 0. The van der Waals surface area contributed by atoms with Gasteiger partial charge in [-0.3, -0.25) is 4.79 Å². The summed E-state index contributed by atoms with van der Waals surface area (Å²) in [5, 5.41) is 8.67. The SMILES string of the molecule is Cc1ncoc1C(=O)N1Cc2nnc(Cc3ccccc3)n2[C@@H](C)C1. The zero-order valence-electron chi connectivity index (χ0n) is 14.2. The molecule has 1 aliphatic rings. The number of carbonyl (C=O) groups excluding carboxylic acids is 1. The molecule has 0 N–H and O–H groups in total. The van der Waals surface area contributed by atoms with E-state index < -0.39 is 0 Å². The third-order valence-corrected chi connectivity index (χ3v) is 4.53. The summed E-state index contributed by atoms with van der Waals surface area (Å²) in [6.45, 7) is 4.86. The number of benzene rings is 1. The molecule has 3 aromatic rings. The van der Waals surface area contributed by atoms with Gasteiger partial charge in [0.2, 0.25) is 5.76 Å². The predicted molar refractivity (Wildman–Crippen MR) is 90.0 cm³/mol. The second kappa shape index (κ2) is 6.16. The molecule has 7 nitrogen and oxygen atoms in total. The molecule has 2 aromatic heterocycles. The molecule has 1 amide bonds. The van der Waals surface area contributed by atoms with Crippen LogP contribution in [0.25, 0.3) is 0 Å². The Kier molecular flexibility index (Phi) is 3.83. The van der Waals surface area contributed by atoms with Gasteiger partial charge in [-0.15, -0.1) is 10.2 Å². The van der Waals surface area contributed by atoms with Crippen LogP contribution in [0, 0.1) is 6.92 Å². The maximum atomic E-state index is 12.7. The first-order valence-electron chi connectivity index (χ1n) is 8.29. The fraction of sp³-hybridized carbons (Fsp3) is 0.333. The van der Waals surface area contributed by atoms with Crippen LogP contribution in [-0.2, 0) is 13.0 Å². The average Bonchev–Trinajstić information content (AvgIpc) is 3.22. The maximum absolute atomic E-state index is 12.7. The fourth-order valence-electron chi connectivity index (χ4n) is 3.32. The summed E-state index contributed by atoms with van der Waals surface area (Å²) in [4.78, 5) is 18.4. The molecule has 1 aliphatic heterocycles. The summed E-state index contributed by atoms with van der Waals surface area (Å²) in [6.07, 6.45) is 2.03. The molecule has 1 aromatic carbocycles. The van der Waals surface area contributed by atoms with Crippen molar-refractivity contribution in [2.45, 2.75) is 32.9 Å². The van der Waals surface area contributed by atoms with E-state index in [0.717, 1.165) is 18.1 Å². The molecule has 0 saturated carbocycles. The van der Waals surface area contributed by atoms with E-state index in [1.54, 1.807) is 11.8 Å². The highest BCUT2D eigenvalue weighted by atomic mass is 16.3. The van der Waals surface area contributed by atoms with Crippen molar-refractivity contribution in [3.8, 4) is 0 Å². The summed E-state index contributed by atoms with van der Waals surface area (Å²) in [7, 11) is 0. The van der Waals surface area contributed by atoms with E-state index in [0.29, 0.717) is 24.5 Å². The first-order chi connectivity index (χ1) is 12.1. The number of nitrogens with zero attached hydrogens (tertiary/aromatic N) is 5. The number of rotatable bonds is 3. The van der Waals surface area contributed by atoms with Crippen LogP contribution in [0.2, 0.25) is 0 Å². The van der Waals surface area contributed by atoms with E-state index in [1.165, 1.54) is 12.0 Å².